The Bertz CT molecular complexity index is 374. The largest absolute Gasteiger partial charge is 0.370 e. The maximum Gasteiger partial charge on any atom is 0.150 e. The van der Waals surface area contributed by atoms with Gasteiger partial charge in [-0.2, -0.15) is 0 Å². The van der Waals surface area contributed by atoms with Gasteiger partial charge in [0.25, 0.3) is 0 Å². The van der Waals surface area contributed by atoms with Gasteiger partial charge < -0.3 is 4.90 Å². The molecule has 1 aliphatic rings. The topological polar surface area (TPSA) is 20.3 Å². The lowest BCUT2D eigenvalue weighted by molar-refractivity contribution is 0.112. The maximum absolute atomic E-state index is 10.7. The van der Waals surface area contributed by atoms with Gasteiger partial charge in [-0.3, -0.25) is 4.79 Å². The summed E-state index contributed by atoms with van der Waals surface area (Å²) in [4.78, 5) is 13.1. The highest BCUT2D eigenvalue weighted by molar-refractivity contribution is 5.77. The Labute approximate surface area is 97.3 Å². The average Bonchev–Trinajstić information content (AvgIpc) is 2.29. The van der Waals surface area contributed by atoms with Gasteiger partial charge in [0.05, 0.1) is 0 Å². The van der Waals surface area contributed by atoms with Gasteiger partial charge in [-0.25, -0.2) is 0 Å². The normalized spacial score (nSPS) is 18.0. The third kappa shape index (κ3) is 1.84. The molecule has 0 saturated carbocycles. The molecule has 2 heteroatoms. The van der Waals surface area contributed by atoms with Crippen molar-refractivity contribution in [2.24, 2.45) is 5.41 Å². The first-order valence-electron chi connectivity index (χ1n) is 6.03. The van der Waals surface area contributed by atoms with Crippen molar-refractivity contribution in [3.05, 3.63) is 29.8 Å². The van der Waals surface area contributed by atoms with Crippen molar-refractivity contribution in [2.45, 2.75) is 26.7 Å². The fourth-order valence-electron chi connectivity index (χ4n) is 2.44. The number of nitrogens with zero attached hydrogens (tertiary/aromatic N) is 1. The van der Waals surface area contributed by atoms with Crippen LogP contribution in [0.25, 0.3) is 0 Å². The molecule has 0 atom stereocenters. The van der Waals surface area contributed by atoms with Gasteiger partial charge >= 0.3 is 0 Å². The van der Waals surface area contributed by atoms with E-state index in [1.165, 1.54) is 18.5 Å². The minimum Gasteiger partial charge on any atom is -0.370 e. The molecule has 0 aromatic heterocycles. The summed E-state index contributed by atoms with van der Waals surface area (Å²) in [6, 6.07) is 7.87. The molecular weight excluding hydrogens is 198 g/mol. The van der Waals surface area contributed by atoms with Crippen LogP contribution in [-0.4, -0.2) is 19.4 Å². The summed E-state index contributed by atoms with van der Waals surface area (Å²) in [5.74, 6) is 0. The Morgan fingerprint density at radius 3 is 2.56 bits per heavy atom. The summed E-state index contributed by atoms with van der Waals surface area (Å²) in [6.07, 6.45) is 3.40. The molecule has 0 unspecified atom stereocenters. The van der Waals surface area contributed by atoms with E-state index in [4.69, 9.17) is 0 Å². The maximum atomic E-state index is 10.7. The van der Waals surface area contributed by atoms with Crippen LogP contribution in [0.1, 0.15) is 37.0 Å². The minimum absolute atomic E-state index is 0.511. The molecule has 1 fully saturated rings. The molecular formula is C14H19NO. The molecule has 1 aromatic carbocycles. The van der Waals surface area contributed by atoms with Crippen LogP contribution in [0.5, 0.6) is 0 Å². The van der Waals surface area contributed by atoms with Gasteiger partial charge in [-0.1, -0.05) is 26.0 Å². The molecule has 0 radical (unpaired) electrons. The SMILES string of the molecule is CCC1(CC)CN(c2cccc(C=O)c2)C1. The average molecular weight is 217 g/mol. The van der Waals surface area contributed by atoms with Crippen LogP contribution in [0.15, 0.2) is 24.3 Å². The highest BCUT2D eigenvalue weighted by Crippen LogP contribution is 2.39. The van der Waals surface area contributed by atoms with E-state index in [1.807, 2.05) is 18.2 Å². The van der Waals surface area contributed by atoms with Crippen LogP contribution in [0, 0.1) is 5.41 Å². The van der Waals surface area contributed by atoms with Crippen LogP contribution in [0.3, 0.4) is 0 Å². The second kappa shape index (κ2) is 4.28. The van der Waals surface area contributed by atoms with Crippen LogP contribution in [0.4, 0.5) is 5.69 Å². The quantitative estimate of drug-likeness (QED) is 0.722. The van der Waals surface area contributed by atoms with E-state index in [0.29, 0.717) is 5.41 Å². The molecule has 0 N–H and O–H groups in total. The lowest BCUT2D eigenvalue weighted by Crippen LogP contribution is -2.55. The summed E-state index contributed by atoms with van der Waals surface area (Å²) in [6.45, 7) is 6.79. The third-order valence-electron chi connectivity index (χ3n) is 3.92. The monoisotopic (exact) mass is 217 g/mol. The number of benzene rings is 1. The van der Waals surface area contributed by atoms with Gasteiger partial charge in [-0.15, -0.1) is 0 Å². The number of aldehydes is 1. The number of anilines is 1. The molecule has 1 aromatic rings. The first-order chi connectivity index (χ1) is 7.73. The Morgan fingerprint density at radius 2 is 2.00 bits per heavy atom. The first-order valence-corrected chi connectivity index (χ1v) is 6.03. The van der Waals surface area contributed by atoms with E-state index in [1.54, 1.807) is 0 Å². The van der Waals surface area contributed by atoms with Crippen molar-refractivity contribution in [3.63, 3.8) is 0 Å². The van der Waals surface area contributed by atoms with Crippen molar-refractivity contribution >= 4 is 12.0 Å². The van der Waals surface area contributed by atoms with Gasteiger partial charge in [0.2, 0.25) is 0 Å². The summed E-state index contributed by atoms with van der Waals surface area (Å²) in [7, 11) is 0. The van der Waals surface area contributed by atoms with Gasteiger partial charge in [0, 0.05) is 29.8 Å². The van der Waals surface area contributed by atoms with E-state index in [2.05, 4.69) is 24.8 Å². The number of hydrogen-bond acceptors (Lipinski definition) is 2. The zero-order valence-electron chi connectivity index (χ0n) is 10.1. The summed E-state index contributed by atoms with van der Waals surface area (Å²) in [5.41, 5.74) is 2.46. The lowest BCUT2D eigenvalue weighted by Gasteiger charge is -2.51. The number of hydrogen-bond donors (Lipinski definition) is 0. The van der Waals surface area contributed by atoms with Crippen LogP contribution < -0.4 is 4.90 Å². The Morgan fingerprint density at radius 1 is 1.31 bits per heavy atom. The zero-order valence-corrected chi connectivity index (χ0v) is 10.1. The van der Waals surface area contributed by atoms with E-state index >= 15 is 0 Å². The number of carbonyl (C=O) groups is 1. The van der Waals surface area contributed by atoms with E-state index in [9.17, 15) is 4.79 Å². The summed E-state index contributed by atoms with van der Waals surface area (Å²) < 4.78 is 0. The molecule has 1 aliphatic heterocycles. The standard InChI is InChI=1S/C14H19NO/c1-3-14(4-2)10-15(11-14)13-7-5-6-12(8-13)9-16/h5-9H,3-4,10-11H2,1-2H3. The predicted octanol–water partition coefficient (Wildman–Crippen LogP) is 3.13. The van der Waals surface area contributed by atoms with Crippen molar-refractivity contribution in [1.82, 2.24) is 0 Å². The first kappa shape index (κ1) is 11.2. The van der Waals surface area contributed by atoms with E-state index in [-0.39, 0.29) is 0 Å². The number of carbonyl (C=O) groups excluding carboxylic acids is 1. The van der Waals surface area contributed by atoms with Crippen LogP contribution in [-0.2, 0) is 0 Å². The second-order valence-corrected chi connectivity index (χ2v) is 4.78. The number of rotatable bonds is 4. The molecule has 1 heterocycles. The predicted molar refractivity (Wildman–Crippen MR) is 67.1 cm³/mol. The molecule has 2 nitrogen and oxygen atoms in total. The molecule has 2 rings (SSSR count). The molecule has 0 amide bonds. The highest BCUT2D eigenvalue weighted by Gasteiger charge is 2.39. The van der Waals surface area contributed by atoms with E-state index < -0.39 is 0 Å². The Balaban J connectivity index is 2.08. The van der Waals surface area contributed by atoms with Crippen LogP contribution >= 0.6 is 0 Å². The zero-order chi connectivity index (χ0) is 11.6. The van der Waals surface area contributed by atoms with Crippen molar-refractivity contribution in [2.75, 3.05) is 18.0 Å². The fourth-order valence-corrected chi connectivity index (χ4v) is 2.44. The highest BCUT2D eigenvalue weighted by atomic mass is 16.1. The minimum atomic E-state index is 0.511. The molecule has 86 valence electrons. The third-order valence-corrected chi connectivity index (χ3v) is 3.92. The second-order valence-electron chi connectivity index (χ2n) is 4.78. The molecule has 0 spiro atoms. The smallest absolute Gasteiger partial charge is 0.150 e. The van der Waals surface area contributed by atoms with Crippen molar-refractivity contribution in [3.8, 4) is 0 Å². The molecule has 1 saturated heterocycles. The van der Waals surface area contributed by atoms with Gasteiger partial charge in [0.15, 0.2) is 0 Å². The van der Waals surface area contributed by atoms with Crippen LogP contribution in [0.2, 0.25) is 0 Å². The molecule has 0 aliphatic carbocycles. The Hall–Kier alpha value is -1.31. The van der Waals surface area contributed by atoms with Crippen molar-refractivity contribution < 1.29 is 4.79 Å². The van der Waals surface area contributed by atoms with Gasteiger partial charge in [-0.05, 0) is 25.0 Å². The summed E-state index contributed by atoms with van der Waals surface area (Å²) in [5, 5.41) is 0. The van der Waals surface area contributed by atoms with Gasteiger partial charge in [0.1, 0.15) is 6.29 Å². The lowest BCUT2D eigenvalue weighted by atomic mass is 9.75. The molecule has 0 bridgehead atoms. The molecule has 16 heavy (non-hydrogen) atoms. The van der Waals surface area contributed by atoms with Crippen molar-refractivity contribution in [1.29, 1.82) is 0 Å². The summed E-state index contributed by atoms with van der Waals surface area (Å²) >= 11 is 0. The fraction of sp³-hybridized carbons (Fsp3) is 0.500. The Kier molecular flexibility index (Phi) is 2.99. The van der Waals surface area contributed by atoms with E-state index in [0.717, 1.165) is 24.9 Å².